The fraction of sp³-hybridized carbons (Fsp3) is 0.462. The van der Waals surface area contributed by atoms with Crippen molar-refractivity contribution < 1.29 is 13.2 Å². The van der Waals surface area contributed by atoms with Crippen molar-refractivity contribution in [2.24, 2.45) is 0 Å². The third kappa shape index (κ3) is 2.70. The summed E-state index contributed by atoms with van der Waals surface area (Å²) < 4.78 is 27.4. The standard InChI is InChI=1S/C13H17N3O3S/c17-13-7-9-6-11(3-4-12(9)15-13)20(18,19)16-10-2-1-5-14-8-10/h3-4,6,10,14,16H,1-2,5,7-8H2,(H,15,17). The van der Waals surface area contributed by atoms with Crippen molar-refractivity contribution in [3.63, 3.8) is 0 Å². The number of amides is 1. The van der Waals surface area contributed by atoms with E-state index in [-0.39, 0.29) is 23.3 Å². The summed E-state index contributed by atoms with van der Waals surface area (Å²) in [6.45, 7) is 1.59. The molecule has 0 spiro atoms. The first-order valence-corrected chi connectivity index (χ1v) is 8.19. The molecule has 0 aliphatic carbocycles. The molecule has 2 aliphatic heterocycles. The monoisotopic (exact) mass is 295 g/mol. The molecule has 3 N–H and O–H groups in total. The second-order valence-electron chi connectivity index (χ2n) is 5.21. The smallest absolute Gasteiger partial charge is 0.240 e. The van der Waals surface area contributed by atoms with Gasteiger partial charge in [-0.15, -0.1) is 0 Å². The molecule has 2 heterocycles. The lowest BCUT2D eigenvalue weighted by Crippen LogP contribution is -2.45. The van der Waals surface area contributed by atoms with E-state index in [2.05, 4.69) is 15.4 Å². The molecule has 1 amide bonds. The van der Waals surface area contributed by atoms with E-state index in [4.69, 9.17) is 0 Å². The van der Waals surface area contributed by atoms with Crippen LogP contribution in [0.3, 0.4) is 0 Å². The number of carbonyl (C=O) groups excluding carboxylic acids is 1. The minimum atomic E-state index is -3.53. The van der Waals surface area contributed by atoms with Gasteiger partial charge < -0.3 is 10.6 Å². The second-order valence-corrected chi connectivity index (χ2v) is 6.92. The zero-order valence-corrected chi connectivity index (χ0v) is 11.8. The molecule has 0 bridgehead atoms. The Hall–Kier alpha value is -1.44. The number of carbonyl (C=O) groups is 1. The van der Waals surface area contributed by atoms with Crippen molar-refractivity contribution in [3.05, 3.63) is 23.8 Å². The molecule has 1 unspecified atom stereocenters. The first-order valence-electron chi connectivity index (χ1n) is 6.70. The summed E-state index contributed by atoms with van der Waals surface area (Å²) >= 11 is 0. The molecule has 2 aliphatic rings. The van der Waals surface area contributed by atoms with E-state index in [0.29, 0.717) is 12.2 Å². The molecular weight excluding hydrogens is 278 g/mol. The third-order valence-corrected chi connectivity index (χ3v) is 5.15. The zero-order chi connectivity index (χ0) is 14.2. The van der Waals surface area contributed by atoms with Gasteiger partial charge in [0, 0.05) is 18.3 Å². The summed E-state index contributed by atoms with van der Waals surface area (Å²) in [6, 6.07) is 4.68. The molecule has 1 aromatic rings. The Morgan fingerprint density at radius 1 is 1.30 bits per heavy atom. The number of hydrogen-bond acceptors (Lipinski definition) is 4. The van der Waals surface area contributed by atoms with Gasteiger partial charge in [0.05, 0.1) is 11.3 Å². The van der Waals surface area contributed by atoms with Crippen LogP contribution in [0.2, 0.25) is 0 Å². The lowest BCUT2D eigenvalue weighted by molar-refractivity contribution is -0.115. The minimum absolute atomic E-state index is 0.0678. The van der Waals surface area contributed by atoms with Gasteiger partial charge in [0.2, 0.25) is 15.9 Å². The van der Waals surface area contributed by atoms with E-state index in [0.717, 1.165) is 24.9 Å². The Labute approximate surface area is 118 Å². The van der Waals surface area contributed by atoms with Crippen LogP contribution in [0.5, 0.6) is 0 Å². The maximum atomic E-state index is 12.3. The highest BCUT2D eigenvalue weighted by atomic mass is 32.2. The van der Waals surface area contributed by atoms with E-state index < -0.39 is 10.0 Å². The van der Waals surface area contributed by atoms with Gasteiger partial charge in [0.15, 0.2) is 0 Å². The normalized spacial score (nSPS) is 22.4. The minimum Gasteiger partial charge on any atom is -0.326 e. The lowest BCUT2D eigenvalue weighted by atomic mass is 10.1. The molecule has 6 nitrogen and oxygen atoms in total. The molecule has 108 valence electrons. The summed E-state index contributed by atoms with van der Waals surface area (Å²) in [4.78, 5) is 11.5. The van der Waals surface area contributed by atoms with Crippen molar-refractivity contribution in [1.29, 1.82) is 0 Å². The van der Waals surface area contributed by atoms with E-state index in [1.165, 1.54) is 6.07 Å². The number of hydrogen-bond donors (Lipinski definition) is 3. The van der Waals surface area contributed by atoms with Gasteiger partial charge in [-0.1, -0.05) is 0 Å². The molecule has 1 fully saturated rings. The number of nitrogens with one attached hydrogen (secondary N) is 3. The van der Waals surface area contributed by atoms with Crippen LogP contribution in [0.4, 0.5) is 5.69 Å². The number of fused-ring (bicyclic) bond motifs is 1. The first-order chi connectivity index (χ1) is 9.54. The average molecular weight is 295 g/mol. The molecule has 0 aromatic heterocycles. The fourth-order valence-corrected chi connectivity index (χ4v) is 3.93. The molecule has 3 rings (SSSR count). The van der Waals surface area contributed by atoms with Crippen LogP contribution in [-0.4, -0.2) is 33.5 Å². The molecule has 7 heteroatoms. The van der Waals surface area contributed by atoms with E-state index in [1.807, 2.05) is 0 Å². The van der Waals surface area contributed by atoms with Crippen LogP contribution < -0.4 is 15.4 Å². The van der Waals surface area contributed by atoms with Gasteiger partial charge in [-0.2, -0.15) is 0 Å². The average Bonchev–Trinajstić information content (AvgIpc) is 2.78. The third-order valence-electron chi connectivity index (χ3n) is 3.63. The van der Waals surface area contributed by atoms with Crippen LogP contribution in [0.25, 0.3) is 0 Å². The van der Waals surface area contributed by atoms with E-state index in [1.54, 1.807) is 12.1 Å². The highest BCUT2D eigenvalue weighted by Crippen LogP contribution is 2.25. The molecular formula is C13H17N3O3S. The van der Waals surface area contributed by atoms with Crippen LogP contribution >= 0.6 is 0 Å². The van der Waals surface area contributed by atoms with Gasteiger partial charge in [-0.3, -0.25) is 4.79 Å². The van der Waals surface area contributed by atoms with Crippen LogP contribution in [-0.2, 0) is 21.2 Å². The van der Waals surface area contributed by atoms with Crippen molar-refractivity contribution in [2.75, 3.05) is 18.4 Å². The number of piperidine rings is 1. The second kappa shape index (κ2) is 5.16. The molecule has 20 heavy (non-hydrogen) atoms. The lowest BCUT2D eigenvalue weighted by Gasteiger charge is -2.23. The Morgan fingerprint density at radius 2 is 2.15 bits per heavy atom. The summed E-state index contributed by atoms with van der Waals surface area (Å²) in [6.07, 6.45) is 2.05. The maximum Gasteiger partial charge on any atom is 0.240 e. The summed E-state index contributed by atoms with van der Waals surface area (Å²) in [5, 5.41) is 5.87. The number of rotatable bonds is 3. The summed E-state index contributed by atoms with van der Waals surface area (Å²) in [7, 11) is -3.53. The first kappa shape index (κ1) is 13.5. The van der Waals surface area contributed by atoms with Crippen molar-refractivity contribution in [1.82, 2.24) is 10.0 Å². The highest BCUT2D eigenvalue weighted by molar-refractivity contribution is 7.89. The number of anilines is 1. The SMILES string of the molecule is O=C1Cc2cc(S(=O)(=O)NC3CCCNC3)ccc2N1. The summed E-state index contributed by atoms with van der Waals surface area (Å²) in [5.74, 6) is -0.0982. The van der Waals surface area contributed by atoms with E-state index >= 15 is 0 Å². The molecule has 1 atom stereocenters. The van der Waals surface area contributed by atoms with Crippen molar-refractivity contribution >= 4 is 21.6 Å². The Balaban J connectivity index is 1.81. The Morgan fingerprint density at radius 3 is 2.90 bits per heavy atom. The number of benzene rings is 1. The maximum absolute atomic E-state index is 12.3. The Kier molecular flexibility index (Phi) is 3.49. The molecule has 0 saturated carbocycles. The quantitative estimate of drug-likeness (QED) is 0.744. The predicted molar refractivity (Wildman–Crippen MR) is 75.0 cm³/mol. The summed E-state index contributed by atoms with van der Waals surface area (Å²) in [5.41, 5.74) is 1.44. The van der Waals surface area contributed by atoms with Crippen LogP contribution in [0, 0.1) is 0 Å². The fourth-order valence-electron chi connectivity index (χ4n) is 2.61. The topological polar surface area (TPSA) is 87.3 Å². The predicted octanol–water partition coefficient (Wildman–Crippen LogP) is 0.211. The van der Waals surface area contributed by atoms with Gasteiger partial charge in [-0.25, -0.2) is 13.1 Å². The van der Waals surface area contributed by atoms with Crippen LogP contribution in [0.15, 0.2) is 23.1 Å². The van der Waals surface area contributed by atoms with Crippen molar-refractivity contribution in [3.8, 4) is 0 Å². The van der Waals surface area contributed by atoms with Crippen LogP contribution in [0.1, 0.15) is 18.4 Å². The Bertz CT molecular complexity index is 636. The van der Waals surface area contributed by atoms with Gasteiger partial charge in [-0.05, 0) is 43.1 Å². The molecule has 1 aromatic carbocycles. The highest BCUT2D eigenvalue weighted by Gasteiger charge is 2.24. The van der Waals surface area contributed by atoms with Crippen molar-refractivity contribution in [2.45, 2.75) is 30.2 Å². The van der Waals surface area contributed by atoms with Gasteiger partial charge in [0.25, 0.3) is 0 Å². The van der Waals surface area contributed by atoms with Gasteiger partial charge >= 0.3 is 0 Å². The van der Waals surface area contributed by atoms with Gasteiger partial charge in [0.1, 0.15) is 0 Å². The number of sulfonamides is 1. The largest absolute Gasteiger partial charge is 0.326 e. The molecule has 1 saturated heterocycles. The van der Waals surface area contributed by atoms with E-state index in [9.17, 15) is 13.2 Å². The zero-order valence-electron chi connectivity index (χ0n) is 11.0. The molecule has 0 radical (unpaired) electrons.